The molecule has 5 rings (SSSR count). The van der Waals surface area contributed by atoms with Gasteiger partial charge in [-0.15, -0.1) is 0 Å². The van der Waals surface area contributed by atoms with Crippen molar-refractivity contribution >= 4 is 16.1 Å². The molecule has 1 aromatic carbocycles. The van der Waals surface area contributed by atoms with E-state index in [-0.39, 0.29) is 23.3 Å². The number of benzene rings is 1. The maximum Gasteiger partial charge on any atom is 0.410 e. The third kappa shape index (κ3) is 5.44. The molecule has 0 aliphatic carbocycles. The third-order valence-corrected chi connectivity index (χ3v) is 11.5. The quantitative estimate of drug-likeness (QED) is 0.541. The molecule has 4 heterocycles. The predicted molar refractivity (Wildman–Crippen MR) is 146 cm³/mol. The van der Waals surface area contributed by atoms with E-state index in [1.54, 1.807) is 4.31 Å². The molecule has 0 radical (unpaired) electrons. The van der Waals surface area contributed by atoms with Gasteiger partial charge in [-0.2, -0.15) is 4.31 Å². The van der Waals surface area contributed by atoms with E-state index >= 15 is 0 Å². The normalized spacial score (nSPS) is 28.8. The van der Waals surface area contributed by atoms with Crippen LogP contribution in [0.15, 0.2) is 24.3 Å². The van der Waals surface area contributed by atoms with Crippen LogP contribution in [-0.4, -0.2) is 78.7 Å². The summed E-state index contributed by atoms with van der Waals surface area (Å²) >= 11 is 0. The number of rotatable bonds is 5. The smallest absolute Gasteiger partial charge is 0.410 e. The van der Waals surface area contributed by atoms with Gasteiger partial charge >= 0.3 is 6.09 Å². The van der Waals surface area contributed by atoms with Crippen LogP contribution in [0.25, 0.3) is 0 Å². The van der Waals surface area contributed by atoms with Crippen LogP contribution in [0.1, 0.15) is 89.2 Å². The fourth-order valence-electron chi connectivity index (χ4n) is 7.67. The van der Waals surface area contributed by atoms with E-state index in [2.05, 4.69) is 28.0 Å². The zero-order chi connectivity index (χ0) is 26.0. The first-order valence-corrected chi connectivity index (χ1v) is 16.2. The first kappa shape index (κ1) is 26.9. The van der Waals surface area contributed by atoms with Crippen molar-refractivity contribution in [3.05, 3.63) is 35.4 Å². The van der Waals surface area contributed by atoms with Gasteiger partial charge < -0.3 is 14.5 Å². The number of fused-ring (bicyclic) bond motifs is 4. The van der Waals surface area contributed by atoms with E-state index in [0.717, 1.165) is 58.0 Å². The van der Waals surface area contributed by atoms with Gasteiger partial charge in [0.25, 0.3) is 0 Å². The molecular weight excluding hydrogens is 486 g/mol. The van der Waals surface area contributed by atoms with Crippen LogP contribution < -0.4 is 0 Å². The molecule has 3 saturated heterocycles. The number of amides is 1. The number of sulfonamides is 1. The highest BCUT2D eigenvalue weighted by molar-refractivity contribution is 7.89. The molecule has 7 nitrogen and oxygen atoms in total. The Kier molecular flexibility index (Phi) is 8.18. The molecule has 4 aliphatic heterocycles. The van der Waals surface area contributed by atoms with Gasteiger partial charge in [0.2, 0.25) is 10.0 Å². The highest BCUT2D eigenvalue weighted by Gasteiger charge is 2.46. The van der Waals surface area contributed by atoms with Crippen molar-refractivity contribution in [3.8, 4) is 0 Å². The van der Waals surface area contributed by atoms with Crippen molar-refractivity contribution in [3.63, 3.8) is 0 Å². The summed E-state index contributed by atoms with van der Waals surface area (Å²) in [5, 5.41) is 0. The van der Waals surface area contributed by atoms with Gasteiger partial charge in [0.1, 0.15) is 0 Å². The van der Waals surface area contributed by atoms with Crippen molar-refractivity contribution in [1.29, 1.82) is 0 Å². The average Bonchev–Trinajstić information content (AvgIpc) is 3.20. The number of ether oxygens (including phenoxy) is 1. The second kappa shape index (κ2) is 11.2. The van der Waals surface area contributed by atoms with E-state index in [9.17, 15) is 13.2 Å². The Balaban J connectivity index is 1.33. The van der Waals surface area contributed by atoms with Gasteiger partial charge in [0.15, 0.2) is 0 Å². The summed E-state index contributed by atoms with van der Waals surface area (Å²) in [5.74, 6) is 0.221. The number of likely N-dealkylation sites (tertiary alicyclic amines) is 1. The van der Waals surface area contributed by atoms with E-state index in [1.807, 2.05) is 19.9 Å². The molecular formula is C29H45N3O4S. The largest absolute Gasteiger partial charge is 0.450 e. The van der Waals surface area contributed by atoms with Crippen LogP contribution in [0.3, 0.4) is 0 Å². The average molecular weight is 532 g/mol. The molecule has 1 aromatic rings. The minimum atomic E-state index is -3.25. The van der Waals surface area contributed by atoms with Crippen LogP contribution in [0, 0.1) is 0 Å². The Morgan fingerprint density at radius 3 is 2.43 bits per heavy atom. The second-order valence-corrected chi connectivity index (χ2v) is 13.8. The van der Waals surface area contributed by atoms with Gasteiger partial charge in [0, 0.05) is 36.6 Å². The van der Waals surface area contributed by atoms with Crippen molar-refractivity contribution in [2.45, 2.75) is 108 Å². The maximum atomic E-state index is 13.1. The zero-order valence-electron chi connectivity index (χ0n) is 22.7. The summed E-state index contributed by atoms with van der Waals surface area (Å²) in [6.45, 7) is 7.33. The van der Waals surface area contributed by atoms with Crippen molar-refractivity contribution in [2.75, 3.05) is 32.0 Å². The molecule has 1 amide bonds. The van der Waals surface area contributed by atoms with Gasteiger partial charge in [-0.25, -0.2) is 13.2 Å². The molecule has 4 aliphatic rings. The number of piperidine rings is 1. The summed E-state index contributed by atoms with van der Waals surface area (Å²) in [4.78, 5) is 17.7. The number of hydrogen-bond donors (Lipinski definition) is 0. The van der Waals surface area contributed by atoms with E-state index in [4.69, 9.17) is 4.74 Å². The summed E-state index contributed by atoms with van der Waals surface area (Å²) in [5.41, 5.74) is 2.42. The minimum absolute atomic E-state index is 0.110. The highest BCUT2D eigenvalue weighted by atomic mass is 32.2. The fraction of sp³-hybridized carbons (Fsp3) is 0.759. The SMILES string of the molecule is CCCS(=O)(=O)N1Cc2ccccc2C2(CCN(C3CCC4CCCCC(C3)N4C(=O)OCC)CC2)C1. The number of nitrogens with zero attached hydrogens (tertiary/aromatic N) is 3. The maximum absolute atomic E-state index is 13.1. The molecule has 8 heteroatoms. The lowest BCUT2D eigenvalue weighted by Gasteiger charge is -2.49. The molecule has 3 fully saturated rings. The predicted octanol–water partition coefficient (Wildman–Crippen LogP) is 4.90. The zero-order valence-corrected chi connectivity index (χ0v) is 23.6. The minimum Gasteiger partial charge on any atom is -0.450 e. The third-order valence-electron chi connectivity index (χ3n) is 9.51. The lowest BCUT2D eigenvalue weighted by atomic mass is 9.69. The molecule has 2 bridgehead atoms. The van der Waals surface area contributed by atoms with Crippen LogP contribution in [0.4, 0.5) is 4.79 Å². The fourth-order valence-corrected chi connectivity index (χ4v) is 9.22. The topological polar surface area (TPSA) is 70.2 Å². The van der Waals surface area contributed by atoms with Gasteiger partial charge in [0.05, 0.1) is 12.4 Å². The van der Waals surface area contributed by atoms with E-state index < -0.39 is 10.0 Å². The van der Waals surface area contributed by atoms with Crippen LogP contribution in [-0.2, 0) is 26.7 Å². The van der Waals surface area contributed by atoms with E-state index in [1.165, 1.54) is 24.0 Å². The van der Waals surface area contributed by atoms with Crippen LogP contribution in [0.2, 0.25) is 0 Å². The molecule has 0 N–H and O–H groups in total. The Labute approximate surface area is 223 Å². The van der Waals surface area contributed by atoms with Crippen LogP contribution in [0.5, 0.6) is 0 Å². The van der Waals surface area contributed by atoms with Crippen molar-refractivity contribution in [1.82, 2.24) is 14.1 Å². The Morgan fingerprint density at radius 1 is 1.00 bits per heavy atom. The molecule has 0 aromatic heterocycles. The first-order chi connectivity index (χ1) is 17.9. The van der Waals surface area contributed by atoms with E-state index in [0.29, 0.717) is 38.2 Å². The standard InChI is InChI=1S/C29H45N3O4S/c1-3-19-37(34,35)31-21-23-9-5-8-12-27(23)29(22-31)15-17-30(18-16-29)25-14-13-24-10-6-7-11-26(20-25)32(24)28(33)36-4-2/h5,8-9,12,24-26H,3-4,6-7,10-11,13-22H2,1-2H3. The Morgan fingerprint density at radius 2 is 1.70 bits per heavy atom. The summed E-state index contributed by atoms with van der Waals surface area (Å²) in [6.07, 6.45) is 10.2. The number of hydrogen-bond acceptors (Lipinski definition) is 5. The molecule has 3 atom stereocenters. The number of carbonyl (C=O) groups is 1. The molecule has 1 spiro atoms. The van der Waals surface area contributed by atoms with Crippen LogP contribution >= 0.6 is 0 Å². The molecule has 3 unspecified atom stereocenters. The van der Waals surface area contributed by atoms with Crippen molar-refractivity contribution < 1.29 is 17.9 Å². The number of carbonyl (C=O) groups excluding carboxylic acids is 1. The van der Waals surface area contributed by atoms with Gasteiger partial charge in [-0.1, -0.05) is 44.0 Å². The highest BCUT2D eigenvalue weighted by Crippen LogP contribution is 2.44. The molecule has 37 heavy (non-hydrogen) atoms. The van der Waals surface area contributed by atoms with Gasteiger partial charge in [-0.3, -0.25) is 0 Å². The first-order valence-electron chi connectivity index (χ1n) is 14.6. The summed E-state index contributed by atoms with van der Waals surface area (Å²) in [6, 6.07) is 9.55. The molecule has 0 saturated carbocycles. The summed E-state index contributed by atoms with van der Waals surface area (Å²) in [7, 11) is -3.25. The lowest BCUT2D eigenvalue weighted by molar-refractivity contribution is 0.0617. The summed E-state index contributed by atoms with van der Waals surface area (Å²) < 4.78 is 33.5. The molecule has 206 valence electrons. The van der Waals surface area contributed by atoms with Crippen molar-refractivity contribution in [2.24, 2.45) is 0 Å². The van der Waals surface area contributed by atoms with Gasteiger partial charge in [-0.05, 0) is 82.5 Å². The monoisotopic (exact) mass is 531 g/mol. The second-order valence-electron chi connectivity index (χ2n) is 11.7. The Hall–Kier alpha value is -1.64. The Bertz CT molecular complexity index is 1050. The lowest BCUT2D eigenvalue weighted by Crippen LogP contribution is -2.55.